The summed E-state index contributed by atoms with van der Waals surface area (Å²) in [6.07, 6.45) is 0. The molecule has 5 rings (SSSR count). The van der Waals surface area contributed by atoms with Crippen molar-refractivity contribution >= 4 is 50.6 Å². The van der Waals surface area contributed by atoms with E-state index in [-0.39, 0.29) is 33.4 Å². The second-order valence-corrected chi connectivity index (χ2v) is 9.42. The molecule has 3 heterocycles. The number of amides is 1. The van der Waals surface area contributed by atoms with Crippen LogP contribution in [0.2, 0.25) is 5.02 Å². The van der Waals surface area contributed by atoms with Gasteiger partial charge in [0.25, 0.3) is 11.6 Å². The zero-order chi connectivity index (χ0) is 23.6. The number of aromatic nitrogens is 1. The quantitative estimate of drug-likeness (QED) is 0.283. The van der Waals surface area contributed by atoms with Crippen molar-refractivity contribution < 1.29 is 14.1 Å². The molecule has 2 aromatic carbocycles. The second kappa shape index (κ2) is 7.50. The van der Waals surface area contributed by atoms with Crippen molar-refractivity contribution in [3.05, 3.63) is 94.8 Å². The number of carbonyl (C=O) groups is 1. The number of hydrogen-bond donors (Lipinski definition) is 0. The minimum absolute atomic E-state index is 0.0666. The Morgan fingerprint density at radius 1 is 1.15 bits per heavy atom. The molecule has 33 heavy (non-hydrogen) atoms. The van der Waals surface area contributed by atoms with Gasteiger partial charge >= 0.3 is 0 Å². The highest BCUT2D eigenvalue weighted by atomic mass is 35.5. The molecular weight excluding hydrogens is 466 g/mol. The minimum atomic E-state index is -0.848. The van der Waals surface area contributed by atoms with Crippen LogP contribution in [0.15, 0.2) is 45.6 Å². The van der Waals surface area contributed by atoms with Gasteiger partial charge in [0.05, 0.1) is 27.6 Å². The Labute approximate surface area is 196 Å². The highest BCUT2D eigenvalue weighted by Crippen LogP contribution is 2.43. The Balaban J connectivity index is 1.80. The van der Waals surface area contributed by atoms with Crippen molar-refractivity contribution in [2.75, 3.05) is 4.90 Å². The number of nitro benzene ring substituents is 1. The number of anilines is 1. The second-order valence-electron chi connectivity index (χ2n) is 7.84. The first-order valence-electron chi connectivity index (χ1n) is 9.96. The Kier molecular flexibility index (Phi) is 4.84. The summed E-state index contributed by atoms with van der Waals surface area (Å²) in [4.78, 5) is 44.7. The molecule has 2 aromatic heterocycles. The number of hydrogen-bond acceptors (Lipinski definition) is 7. The van der Waals surface area contributed by atoms with E-state index in [1.54, 1.807) is 13.0 Å². The van der Waals surface area contributed by atoms with Gasteiger partial charge in [0.2, 0.25) is 5.76 Å². The zero-order valence-electron chi connectivity index (χ0n) is 17.7. The van der Waals surface area contributed by atoms with Gasteiger partial charge < -0.3 is 4.42 Å². The fraction of sp³-hybridized carbons (Fsp3) is 0.174. The molecule has 0 aliphatic carbocycles. The van der Waals surface area contributed by atoms with Gasteiger partial charge in [-0.15, -0.1) is 11.3 Å². The highest BCUT2D eigenvalue weighted by Gasteiger charge is 2.45. The lowest BCUT2D eigenvalue weighted by atomic mass is 9.98. The van der Waals surface area contributed by atoms with Crippen molar-refractivity contribution in [3.8, 4) is 0 Å². The fourth-order valence-corrected chi connectivity index (χ4v) is 5.04. The molecule has 0 saturated heterocycles. The molecule has 0 radical (unpaired) electrons. The van der Waals surface area contributed by atoms with Crippen LogP contribution >= 0.6 is 22.9 Å². The molecule has 1 aliphatic rings. The van der Waals surface area contributed by atoms with Gasteiger partial charge in [-0.25, -0.2) is 4.98 Å². The lowest BCUT2D eigenvalue weighted by Gasteiger charge is -2.22. The van der Waals surface area contributed by atoms with Crippen molar-refractivity contribution in [2.45, 2.75) is 26.8 Å². The summed E-state index contributed by atoms with van der Waals surface area (Å²) in [6, 6.07) is 8.09. The van der Waals surface area contributed by atoms with Crippen LogP contribution in [0.25, 0.3) is 11.0 Å². The molecule has 10 heteroatoms. The van der Waals surface area contributed by atoms with Gasteiger partial charge in [-0.2, -0.15) is 0 Å². The van der Waals surface area contributed by atoms with Crippen LogP contribution in [-0.4, -0.2) is 15.8 Å². The van der Waals surface area contributed by atoms with E-state index in [0.717, 1.165) is 10.6 Å². The topological polar surface area (TPSA) is 107 Å². The zero-order valence-corrected chi connectivity index (χ0v) is 19.3. The Bertz CT molecular complexity index is 1520. The Morgan fingerprint density at radius 3 is 2.45 bits per heavy atom. The third-order valence-electron chi connectivity index (χ3n) is 5.79. The van der Waals surface area contributed by atoms with Gasteiger partial charge in [-0.1, -0.05) is 11.6 Å². The molecule has 1 unspecified atom stereocenters. The summed E-state index contributed by atoms with van der Waals surface area (Å²) < 4.78 is 5.95. The van der Waals surface area contributed by atoms with Crippen molar-refractivity contribution in [3.63, 3.8) is 0 Å². The number of benzene rings is 2. The average molecular weight is 482 g/mol. The van der Waals surface area contributed by atoms with E-state index in [1.807, 2.05) is 13.8 Å². The maximum Gasteiger partial charge on any atom is 0.297 e. The molecule has 166 valence electrons. The van der Waals surface area contributed by atoms with E-state index in [4.69, 9.17) is 16.0 Å². The molecule has 0 N–H and O–H groups in total. The number of fused-ring (bicyclic) bond motifs is 2. The predicted octanol–water partition coefficient (Wildman–Crippen LogP) is 5.49. The number of carbonyl (C=O) groups excluding carboxylic acids is 1. The predicted molar refractivity (Wildman–Crippen MR) is 126 cm³/mol. The molecule has 1 amide bonds. The van der Waals surface area contributed by atoms with Crippen LogP contribution in [0.5, 0.6) is 0 Å². The first-order chi connectivity index (χ1) is 15.7. The Hall–Kier alpha value is -3.56. The molecule has 0 spiro atoms. The first-order valence-corrected chi connectivity index (χ1v) is 11.2. The van der Waals surface area contributed by atoms with E-state index < -0.39 is 16.9 Å². The summed E-state index contributed by atoms with van der Waals surface area (Å²) in [7, 11) is 0. The standard InChI is InChI=1S/C23H16ClN3O5S/c1-10-8-17-15(9-16(10)24)20(28)18-19(13-4-6-14(7-5-13)27(30)31)26(22(29)21(18)32-17)23-25-11(2)12(3)33-23/h4-9,19H,1-3H3. The normalized spacial score (nSPS) is 15.3. The van der Waals surface area contributed by atoms with E-state index in [2.05, 4.69) is 4.98 Å². The van der Waals surface area contributed by atoms with Crippen LogP contribution < -0.4 is 10.3 Å². The van der Waals surface area contributed by atoms with Gasteiger partial charge in [-0.05, 0) is 56.2 Å². The number of thiazole rings is 1. The van der Waals surface area contributed by atoms with Crippen LogP contribution in [-0.2, 0) is 0 Å². The third-order valence-corrected chi connectivity index (χ3v) is 7.27. The molecule has 0 fully saturated rings. The number of non-ortho nitro benzene ring substituents is 1. The first kappa shape index (κ1) is 21.3. The third kappa shape index (κ3) is 3.23. The SMILES string of the molecule is Cc1cc2oc3c(c(=O)c2cc1Cl)C(c1ccc([N+](=O)[O-])cc1)N(c1nc(C)c(C)s1)C3=O. The number of aryl methyl sites for hydroxylation is 3. The maximum atomic E-state index is 13.6. The molecule has 0 bridgehead atoms. The van der Waals surface area contributed by atoms with Crippen molar-refractivity contribution in [1.29, 1.82) is 0 Å². The van der Waals surface area contributed by atoms with Gasteiger partial charge in [-0.3, -0.25) is 24.6 Å². The minimum Gasteiger partial charge on any atom is -0.450 e. The van der Waals surface area contributed by atoms with Crippen molar-refractivity contribution in [2.24, 2.45) is 0 Å². The van der Waals surface area contributed by atoms with E-state index in [0.29, 0.717) is 21.3 Å². The van der Waals surface area contributed by atoms with E-state index >= 15 is 0 Å². The lowest BCUT2D eigenvalue weighted by Crippen LogP contribution is -2.29. The number of halogens is 1. The highest BCUT2D eigenvalue weighted by molar-refractivity contribution is 7.15. The molecule has 0 saturated carbocycles. The van der Waals surface area contributed by atoms with Gasteiger partial charge in [0, 0.05) is 22.0 Å². The fourth-order valence-electron chi connectivity index (χ4n) is 3.94. The summed E-state index contributed by atoms with van der Waals surface area (Å²) in [5.74, 6) is -0.559. The van der Waals surface area contributed by atoms with Crippen LogP contribution in [0, 0.1) is 30.9 Å². The van der Waals surface area contributed by atoms with Crippen LogP contribution in [0.3, 0.4) is 0 Å². The van der Waals surface area contributed by atoms with E-state index in [9.17, 15) is 19.7 Å². The van der Waals surface area contributed by atoms with Crippen LogP contribution in [0.4, 0.5) is 10.8 Å². The number of nitrogens with zero attached hydrogens (tertiary/aromatic N) is 3. The van der Waals surface area contributed by atoms with Gasteiger partial charge in [0.15, 0.2) is 10.6 Å². The summed E-state index contributed by atoms with van der Waals surface area (Å²) in [6.45, 7) is 5.52. The largest absolute Gasteiger partial charge is 0.450 e. The summed E-state index contributed by atoms with van der Waals surface area (Å²) in [5, 5.41) is 12.2. The maximum absolute atomic E-state index is 13.6. The van der Waals surface area contributed by atoms with Gasteiger partial charge in [0.1, 0.15) is 5.58 Å². The number of nitro groups is 1. The molecule has 1 aliphatic heterocycles. The molecular formula is C23H16ClN3O5S. The summed E-state index contributed by atoms with van der Waals surface area (Å²) in [5.41, 5.74) is 1.97. The Morgan fingerprint density at radius 2 is 1.85 bits per heavy atom. The van der Waals surface area contributed by atoms with Crippen LogP contribution in [0.1, 0.15) is 43.9 Å². The lowest BCUT2D eigenvalue weighted by molar-refractivity contribution is -0.384. The average Bonchev–Trinajstić information content (AvgIpc) is 3.26. The smallest absolute Gasteiger partial charge is 0.297 e. The van der Waals surface area contributed by atoms with E-state index in [1.165, 1.54) is 46.6 Å². The number of rotatable bonds is 3. The molecule has 4 aromatic rings. The summed E-state index contributed by atoms with van der Waals surface area (Å²) >= 11 is 7.58. The molecule has 8 nitrogen and oxygen atoms in total. The van der Waals surface area contributed by atoms with Crippen molar-refractivity contribution in [1.82, 2.24) is 4.98 Å². The molecule has 1 atom stereocenters. The monoisotopic (exact) mass is 481 g/mol.